The van der Waals surface area contributed by atoms with Crippen LogP contribution in [0.15, 0.2) is 52.3 Å². The lowest BCUT2D eigenvalue weighted by atomic mass is 10.0. The van der Waals surface area contributed by atoms with Gasteiger partial charge in [0, 0.05) is 30.8 Å². The number of carbonyl (C=O) groups excluding carboxylic acids is 1. The van der Waals surface area contributed by atoms with Gasteiger partial charge in [-0.05, 0) is 63.1 Å². The minimum absolute atomic E-state index is 0.0684. The molecule has 11 heteroatoms. The first-order chi connectivity index (χ1) is 15.5. The Kier molecular flexibility index (Phi) is 7.35. The van der Waals surface area contributed by atoms with Gasteiger partial charge in [0.05, 0.1) is 22.6 Å². The van der Waals surface area contributed by atoms with Gasteiger partial charge in [0.25, 0.3) is 10.0 Å². The van der Waals surface area contributed by atoms with Crippen molar-refractivity contribution < 1.29 is 26.4 Å². The molecular weight excluding hydrogens is 466 g/mol. The highest BCUT2D eigenvalue weighted by molar-refractivity contribution is 7.92. The van der Waals surface area contributed by atoms with E-state index in [2.05, 4.69) is 10.0 Å². The zero-order chi connectivity index (χ0) is 24.4. The zero-order valence-corrected chi connectivity index (χ0v) is 20.7. The van der Waals surface area contributed by atoms with Gasteiger partial charge in [-0.15, -0.1) is 0 Å². The van der Waals surface area contributed by atoms with Crippen LogP contribution < -0.4 is 14.8 Å². The summed E-state index contributed by atoms with van der Waals surface area (Å²) in [5, 5.41) is 2.57. The van der Waals surface area contributed by atoms with Crippen LogP contribution in [0.4, 0.5) is 11.4 Å². The summed E-state index contributed by atoms with van der Waals surface area (Å²) >= 11 is 0. The fourth-order valence-electron chi connectivity index (χ4n) is 4.03. The van der Waals surface area contributed by atoms with Crippen LogP contribution in [0, 0.1) is 0 Å². The van der Waals surface area contributed by atoms with Gasteiger partial charge in [-0.2, -0.15) is 4.31 Å². The summed E-state index contributed by atoms with van der Waals surface area (Å²) in [6.45, 7) is 5.14. The van der Waals surface area contributed by atoms with E-state index in [1.807, 2.05) is 13.8 Å². The van der Waals surface area contributed by atoms with Gasteiger partial charge in [-0.1, -0.05) is 6.42 Å². The molecule has 2 aromatic carbocycles. The van der Waals surface area contributed by atoms with Crippen molar-refractivity contribution in [3.8, 4) is 5.75 Å². The number of amides is 1. The predicted octanol–water partition coefficient (Wildman–Crippen LogP) is 3.41. The largest absolute Gasteiger partial charge is 0.495 e. The molecule has 2 aromatic rings. The molecule has 1 amide bonds. The summed E-state index contributed by atoms with van der Waals surface area (Å²) < 4.78 is 61.1. The second-order valence-electron chi connectivity index (χ2n) is 8.14. The van der Waals surface area contributed by atoms with E-state index in [1.165, 1.54) is 56.5 Å². The Morgan fingerprint density at radius 2 is 1.55 bits per heavy atom. The van der Waals surface area contributed by atoms with Crippen molar-refractivity contribution in [1.82, 2.24) is 4.31 Å². The Hall–Kier alpha value is -2.63. The maximum atomic E-state index is 13.1. The van der Waals surface area contributed by atoms with E-state index < -0.39 is 20.0 Å². The quantitative estimate of drug-likeness (QED) is 0.607. The average molecular weight is 496 g/mol. The molecule has 0 bridgehead atoms. The molecule has 2 N–H and O–H groups in total. The molecule has 0 aliphatic carbocycles. The molecule has 1 fully saturated rings. The molecular formula is C22H29N3O6S2. The Labute approximate surface area is 195 Å². The van der Waals surface area contributed by atoms with Crippen molar-refractivity contribution in [3.05, 3.63) is 42.5 Å². The number of piperidine rings is 1. The van der Waals surface area contributed by atoms with Gasteiger partial charge in [0.1, 0.15) is 5.75 Å². The molecule has 0 saturated carbocycles. The molecule has 1 heterocycles. The topological polar surface area (TPSA) is 122 Å². The molecule has 0 unspecified atom stereocenters. The van der Waals surface area contributed by atoms with Crippen molar-refractivity contribution in [2.24, 2.45) is 0 Å². The SMILES string of the molecule is COc1cc(S(=O)(=O)Nc2ccc(S(=O)(=O)N3[C@H](C)CCC[C@@H]3C)cc2)ccc1NC(C)=O. The third-order valence-corrected chi connectivity index (χ3v) is 9.11. The number of nitrogens with zero attached hydrogens (tertiary/aromatic N) is 1. The van der Waals surface area contributed by atoms with Gasteiger partial charge in [-0.3, -0.25) is 9.52 Å². The summed E-state index contributed by atoms with van der Waals surface area (Å²) in [6, 6.07) is 9.55. The Morgan fingerprint density at radius 3 is 2.09 bits per heavy atom. The van der Waals surface area contributed by atoms with E-state index in [4.69, 9.17) is 4.74 Å². The third kappa shape index (κ3) is 5.48. The van der Waals surface area contributed by atoms with Gasteiger partial charge in [0.15, 0.2) is 0 Å². The maximum Gasteiger partial charge on any atom is 0.262 e. The van der Waals surface area contributed by atoms with Crippen LogP contribution in [0.3, 0.4) is 0 Å². The van der Waals surface area contributed by atoms with Crippen LogP contribution in [-0.4, -0.2) is 46.2 Å². The second kappa shape index (κ2) is 9.70. The minimum Gasteiger partial charge on any atom is -0.495 e. The van der Waals surface area contributed by atoms with E-state index in [0.29, 0.717) is 5.69 Å². The van der Waals surface area contributed by atoms with Crippen molar-refractivity contribution in [3.63, 3.8) is 0 Å². The molecule has 180 valence electrons. The van der Waals surface area contributed by atoms with Crippen molar-refractivity contribution >= 4 is 37.3 Å². The van der Waals surface area contributed by atoms with Crippen LogP contribution in [-0.2, 0) is 24.8 Å². The highest BCUT2D eigenvalue weighted by Gasteiger charge is 2.35. The zero-order valence-electron chi connectivity index (χ0n) is 19.0. The van der Waals surface area contributed by atoms with E-state index in [1.54, 1.807) is 4.31 Å². The van der Waals surface area contributed by atoms with Gasteiger partial charge >= 0.3 is 0 Å². The van der Waals surface area contributed by atoms with Crippen LogP contribution in [0.2, 0.25) is 0 Å². The Bertz CT molecular complexity index is 1220. The summed E-state index contributed by atoms with van der Waals surface area (Å²) in [5.41, 5.74) is 0.568. The van der Waals surface area contributed by atoms with Crippen LogP contribution >= 0.6 is 0 Å². The van der Waals surface area contributed by atoms with Crippen molar-refractivity contribution in [1.29, 1.82) is 0 Å². The smallest absolute Gasteiger partial charge is 0.262 e. The number of sulfonamides is 2. The maximum absolute atomic E-state index is 13.1. The molecule has 3 rings (SSSR count). The molecule has 0 spiro atoms. The lowest BCUT2D eigenvalue weighted by Gasteiger charge is -2.37. The highest BCUT2D eigenvalue weighted by Crippen LogP contribution is 2.31. The highest BCUT2D eigenvalue weighted by atomic mass is 32.2. The second-order valence-corrected chi connectivity index (χ2v) is 11.7. The number of methoxy groups -OCH3 is 1. The number of benzene rings is 2. The van der Waals surface area contributed by atoms with E-state index in [9.17, 15) is 21.6 Å². The van der Waals surface area contributed by atoms with Crippen LogP contribution in [0.1, 0.15) is 40.0 Å². The van der Waals surface area contributed by atoms with Gasteiger partial charge in [0.2, 0.25) is 15.9 Å². The van der Waals surface area contributed by atoms with Gasteiger partial charge in [-0.25, -0.2) is 16.8 Å². The predicted molar refractivity (Wildman–Crippen MR) is 126 cm³/mol. The molecule has 1 aliphatic heterocycles. The number of hydrogen-bond acceptors (Lipinski definition) is 6. The fraction of sp³-hybridized carbons (Fsp3) is 0.409. The molecule has 0 aromatic heterocycles. The lowest BCUT2D eigenvalue weighted by molar-refractivity contribution is -0.114. The first-order valence-electron chi connectivity index (χ1n) is 10.6. The number of ether oxygens (including phenoxy) is 1. The molecule has 1 aliphatic rings. The molecule has 9 nitrogen and oxygen atoms in total. The monoisotopic (exact) mass is 495 g/mol. The minimum atomic E-state index is -3.98. The van der Waals surface area contributed by atoms with E-state index >= 15 is 0 Å². The number of carbonyl (C=O) groups is 1. The molecule has 0 radical (unpaired) electrons. The Morgan fingerprint density at radius 1 is 0.970 bits per heavy atom. The first kappa shape index (κ1) is 25.0. The fourth-order valence-corrected chi connectivity index (χ4v) is 6.99. The molecule has 1 saturated heterocycles. The van der Waals surface area contributed by atoms with Crippen LogP contribution in [0.5, 0.6) is 5.75 Å². The molecule has 2 atom stereocenters. The summed E-state index contributed by atoms with van der Waals surface area (Å²) in [5.74, 6) is -0.121. The van der Waals surface area contributed by atoms with E-state index in [-0.39, 0.29) is 39.2 Å². The van der Waals surface area contributed by atoms with Crippen molar-refractivity contribution in [2.75, 3.05) is 17.1 Å². The third-order valence-electron chi connectivity index (χ3n) is 5.59. The number of nitrogens with one attached hydrogen (secondary N) is 2. The summed E-state index contributed by atoms with van der Waals surface area (Å²) in [6.07, 6.45) is 2.61. The Balaban J connectivity index is 1.82. The average Bonchev–Trinajstić information content (AvgIpc) is 2.73. The lowest BCUT2D eigenvalue weighted by Crippen LogP contribution is -2.47. The normalized spacial score (nSPS) is 19.6. The summed E-state index contributed by atoms with van der Waals surface area (Å²) in [4.78, 5) is 11.3. The van der Waals surface area contributed by atoms with Gasteiger partial charge < -0.3 is 10.1 Å². The number of rotatable bonds is 7. The summed E-state index contributed by atoms with van der Waals surface area (Å²) in [7, 11) is -6.30. The van der Waals surface area contributed by atoms with Crippen LogP contribution in [0.25, 0.3) is 0 Å². The van der Waals surface area contributed by atoms with Crippen molar-refractivity contribution in [2.45, 2.75) is 61.9 Å². The first-order valence-corrected chi connectivity index (χ1v) is 13.5. The molecule has 33 heavy (non-hydrogen) atoms. The standard InChI is InChI=1S/C22H29N3O6S2/c1-15-6-5-7-16(2)25(15)33(29,30)19-10-8-18(9-11-19)24-32(27,28)20-12-13-21(23-17(3)26)22(14-20)31-4/h8-16,24H,5-7H2,1-4H3,(H,23,26)/t15-,16+. The number of hydrogen-bond donors (Lipinski definition) is 2. The number of anilines is 2. The van der Waals surface area contributed by atoms with E-state index in [0.717, 1.165) is 19.3 Å².